The topological polar surface area (TPSA) is 21.7 Å². The van der Waals surface area contributed by atoms with Crippen LogP contribution in [0.4, 0.5) is 0 Å². The smallest absolute Gasteiger partial charge is 0.141 e. The van der Waals surface area contributed by atoms with E-state index in [1.165, 1.54) is 16.7 Å². The Bertz CT molecular complexity index is 1090. The predicted octanol–water partition coefficient (Wildman–Crippen LogP) is 6.56. The molecular formula is C29H27NO2. The van der Waals surface area contributed by atoms with E-state index in [-0.39, 0.29) is 18.3 Å². The molecule has 5 rings (SSSR count). The second-order valence-corrected chi connectivity index (χ2v) is 8.03. The summed E-state index contributed by atoms with van der Waals surface area (Å²) >= 11 is 0. The molecule has 4 aromatic rings. The lowest BCUT2D eigenvalue weighted by atomic mass is 9.93. The maximum absolute atomic E-state index is 6.53. The van der Waals surface area contributed by atoms with E-state index < -0.39 is 0 Å². The second kappa shape index (κ2) is 9.39. The molecule has 0 aliphatic carbocycles. The Morgan fingerprint density at radius 1 is 0.719 bits per heavy atom. The molecule has 1 aliphatic rings. The minimum Gasteiger partial charge on any atom is -0.496 e. The average molecular weight is 422 g/mol. The molecule has 1 saturated heterocycles. The van der Waals surface area contributed by atoms with Crippen LogP contribution in [0.25, 0.3) is 0 Å². The number of ether oxygens (including phenoxy) is 2. The van der Waals surface area contributed by atoms with Crippen LogP contribution in [0.2, 0.25) is 0 Å². The van der Waals surface area contributed by atoms with E-state index >= 15 is 0 Å². The summed E-state index contributed by atoms with van der Waals surface area (Å²) in [5, 5.41) is 0. The molecule has 0 spiro atoms. The van der Waals surface area contributed by atoms with Crippen LogP contribution in [-0.4, -0.2) is 18.6 Å². The van der Waals surface area contributed by atoms with Gasteiger partial charge in [-0.15, -0.1) is 0 Å². The average Bonchev–Trinajstić information content (AvgIpc) is 3.30. The lowest BCUT2D eigenvalue weighted by molar-refractivity contribution is 0.0109. The lowest BCUT2D eigenvalue weighted by Gasteiger charge is -2.37. The van der Waals surface area contributed by atoms with Crippen LogP contribution in [-0.2, 0) is 4.74 Å². The Balaban J connectivity index is 1.69. The van der Waals surface area contributed by atoms with Gasteiger partial charge in [0.25, 0.3) is 0 Å². The number of rotatable bonds is 6. The fraction of sp³-hybridized carbons (Fsp3) is 0.172. The van der Waals surface area contributed by atoms with Crippen LogP contribution in [0.3, 0.4) is 0 Å². The molecule has 32 heavy (non-hydrogen) atoms. The molecule has 0 N–H and O–H groups in total. The third-order valence-electron chi connectivity index (χ3n) is 6.16. The van der Waals surface area contributed by atoms with Crippen LogP contribution >= 0.6 is 0 Å². The molecule has 160 valence electrons. The zero-order valence-corrected chi connectivity index (χ0v) is 18.2. The van der Waals surface area contributed by atoms with Crippen molar-refractivity contribution >= 4 is 0 Å². The molecule has 0 amide bonds. The first kappa shape index (κ1) is 20.5. The highest BCUT2D eigenvalue weighted by Crippen LogP contribution is 2.48. The highest BCUT2D eigenvalue weighted by molar-refractivity contribution is 5.39. The van der Waals surface area contributed by atoms with Crippen LogP contribution in [0.5, 0.6) is 5.75 Å². The number of methoxy groups -OCH3 is 1. The van der Waals surface area contributed by atoms with Gasteiger partial charge in [0.05, 0.1) is 25.8 Å². The lowest BCUT2D eigenvalue weighted by Crippen LogP contribution is -2.32. The van der Waals surface area contributed by atoms with Crippen LogP contribution in [0.15, 0.2) is 115 Å². The highest BCUT2D eigenvalue weighted by Gasteiger charge is 2.42. The van der Waals surface area contributed by atoms with Crippen molar-refractivity contribution in [2.75, 3.05) is 13.7 Å². The Morgan fingerprint density at radius 3 is 1.84 bits per heavy atom. The monoisotopic (exact) mass is 421 g/mol. The first-order valence-corrected chi connectivity index (χ1v) is 11.0. The van der Waals surface area contributed by atoms with Crippen LogP contribution in [0.1, 0.15) is 40.6 Å². The molecule has 2 atom stereocenters. The van der Waals surface area contributed by atoms with Crippen LogP contribution in [0, 0.1) is 0 Å². The van der Waals surface area contributed by atoms with Crippen molar-refractivity contribution in [2.24, 2.45) is 0 Å². The van der Waals surface area contributed by atoms with E-state index in [9.17, 15) is 0 Å². The molecule has 4 aromatic carbocycles. The third-order valence-corrected chi connectivity index (χ3v) is 6.16. The molecule has 3 nitrogen and oxygen atoms in total. The van der Waals surface area contributed by atoms with E-state index in [4.69, 9.17) is 9.47 Å². The maximum atomic E-state index is 6.53. The van der Waals surface area contributed by atoms with E-state index in [1.54, 1.807) is 7.11 Å². The van der Waals surface area contributed by atoms with Gasteiger partial charge in [0.15, 0.2) is 0 Å². The van der Waals surface area contributed by atoms with Gasteiger partial charge in [-0.1, -0.05) is 109 Å². The molecule has 1 heterocycles. The molecule has 0 radical (unpaired) electrons. The SMILES string of the molecule is COc1ccccc1[C@@H]1OC[C@@H](c2ccccc2)N1C(c1ccccc1)c1ccccc1. The summed E-state index contributed by atoms with van der Waals surface area (Å²) in [7, 11) is 1.72. The molecule has 0 saturated carbocycles. The van der Waals surface area contributed by atoms with Gasteiger partial charge in [0.1, 0.15) is 12.0 Å². The van der Waals surface area contributed by atoms with Crippen molar-refractivity contribution in [3.63, 3.8) is 0 Å². The zero-order chi connectivity index (χ0) is 21.8. The molecule has 1 fully saturated rings. The second-order valence-electron chi connectivity index (χ2n) is 8.03. The van der Waals surface area contributed by atoms with Crippen molar-refractivity contribution in [3.05, 3.63) is 138 Å². The summed E-state index contributed by atoms with van der Waals surface area (Å²) < 4.78 is 12.3. The number of hydrogen-bond donors (Lipinski definition) is 0. The number of hydrogen-bond acceptors (Lipinski definition) is 3. The number of nitrogens with zero attached hydrogens (tertiary/aromatic N) is 1. The standard InChI is InChI=1S/C29H27NO2/c1-31-27-20-12-11-19-25(27)29-30(26(21-32-29)22-13-5-2-6-14-22)28(23-15-7-3-8-16-23)24-17-9-4-10-18-24/h2-20,26,28-29H,21H2,1H3/t26-,29-/m0/s1. The fourth-order valence-corrected chi connectivity index (χ4v) is 4.70. The fourth-order valence-electron chi connectivity index (χ4n) is 4.70. The van der Waals surface area contributed by atoms with E-state index in [0.29, 0.717) is 6.61 Å². The Hall–Kier alpha value is -3.40. The van der Waals surface area contributed by atoms with Crippen molar-refractivity contribution in [1.29, 1.82) is 0 Å². The summed E-state index contributed by atoms with van der Waals surface area (Å²) in [6.07, 6.45) is -0.234. The zero-order valence-electron chi connectivity index (χ0n) is 18.2. The maximum Gasteiger partial charge on any atom is 0.141 e. The van der Waals surface area contributed by atoms with Gasteiger partial charge in [-0.05, 0) is 22.8 Å². The normalized spacial score (nSPS) is 18.7. The minimum absolute atomic E-state index is 0.0278. The molecule has 1 aliphatic heterocycles. The molecule has 0 unspecified atom stereocenters. The third kappa shape index (κ3) is 3.93. The molecule has 3 heteroatoms. The minimum atomic E-state index is -0.234. The summed E-state index contributed by atoms with van der Waals surface area (Å²) in [5.74, 6) is 0.844. The molecular weight excluding hydrogens is 394 g/mol. The van der Waals surface area contributed by atoms with Crippen LogP contribution < -0.4 is 4.74 Å². The first-order chi connectivity index (χ1) is 15.9. The van der Waals surface area contributed by atoms with E-state index in [2.05, 4.69) is 108 Å². The summed E-state index contributed by atoms with van der Waals surface area (Å²) in [4.78, 5) is 2.50. The Kier molecular flexibility index (Phi) is 6.02. The summed E-state index contributed by atoms with van der Waals surface area (Å²) in [5.41, 5.74) is 4.78. The van der Waals surface area contributed by atoms with Gasteiger partial charge in [0, 0.05) is 5.56 Å². The van der Waals surface area contributed by atoms with Gasteiger partial charge in [-0.3, -0.25) is 4.90 Å². The highest BCUT2D eigenvalue weighted by atomic mass is 16.5. The van der Waals surface area contributed by atoms with Gasteiger partial charge in [-0.25, -0.2) is 0 Å². The van der Waals surface area contributed by atoms with Crippen molar-refractivity contribution in [2.45, 2.75) is 18.3 Å². The Morgan fingerprint density at radius 2 is 1.25 bits per heavy atom. The van der Waals surface area contributed by atoms with Gasteiger partial charge < -0.3 is 9.47 Å². The van der Waals surface area contributed by atoms with E-state index in [0.717, 1.165) is 11.3 Å². The quantitative estimate of drug-likeness (QED) is 0.352. The first-order valence-electron chi connectivity index (χ1n) is 11.0. The van der Waals surface area contributed by atoms with Crippen molar-refractivity contribution in [1.82, 2.24) is 4.90 Å². The van der Waals surface area contributed by atoms with Crippen molar-refractivity contribution < 1.29 is 9.47 Å². The van der Waals surface area contributed by atoms with Crippen molar-refractivity contribution in [3.8, 4) is 5.75 Å². The van der Waals surface area contributed by atoms with Gasteiger partial charge in [0.2, 0.25) is 0 Å². The molecule has 0 bridgehead atoms. The summed E-state index contributed by atoms with van der Waals surface area (Å²) in [6.45, 7) is 0.614. The van der Waals surface area contributed by atoms with E-state index in [1.807, 2.05) is 12.1 Å². The number of para-hydroxylation sites is 1. The largest absolute Gasteiger partial charge is 0.496 e. The molecule has 0 aromatic heterocycles. The van der Waals surface area contributed by atoms with Gasteiger partial charge >= 0.3 is 0 Å². The predicted molar refractivity (Wildman–Crippen MR) is 127 cm³/mol. The van der Waals surface area contributed by atoms with Gasteiger partial charge in [-0.2, -0.15) is 0 Å². The summed E-state index contributed by atoms with van der Waals surface area (Å²) in [6, 6.07) is 40.3. The Labute approximate surface area is 189 Å². The number of benzene rings is 4.